The van der Waals surface area contributed by atoms with Gasteiger partial charge in [0.25, 0.3) is 0 Å². The molecule has 100 valence electrons. The SMILES string of the molecule is O=C(C#Cc1ccccc1)Nc1ccc(CCO)cc1. The van der Waals surface area contributed by atoms with Crippen LogP contribution in [0.1, 0.15) is 11.1 Å². The molecule has 1 amide bonds. The number of aliphatic hydroxyl groups excluding tert-OH is 1. The van der Waals surface area contributed by atoms with Gasteiger partial charge in [0, 0.05) is 23.8 Å². The second-order valence-electron chi connectivity index (χ2n) is 4.24. The summed E-state index contributed by atoms with van der Waals surface area (Å²) in [6.07, 6.45) is 0.613. The zero-order chi connectivity index (χ0) is 14.2. The van der Waals surface area contributed by atoms with Gasteiger partial charge in [0.2, 0.25) is 0 Å². The molecular formula is C17H15NO2. The predicted octanol–water partition coefficient (Wildman–Crippen LogP) is 2.21. The average molecular weight is 265 g/mol. The van der Waals surface area contributed by atoms with Gasteiger partial charge < -0.3 is 10.4 Å². The molecule has 2 aromatic carbocycles. The van der Waals surface area contributed by atoms with Crippen molar-refractivity contribution in [2.45, 2.75) is 6.42 Å². The molecule has 0 fully saturated rings. The van der Waals surface area contributed by atoms with Crippen LogP contribution in [0.3, 0.4) is 0 Å². The largest absolute Gasteiger partial charge is 0.396 e. The Kier molecular flexibility index (Phi) is 4.94. The molecule has 0 bridgehead atoms. The maximum atomic E-state index is 11.7. The van der Waals surface area contributed by atoms with Crippen LogP contribution in [-0.2, 0) is 11.2 Å². The van der Waals surface area contributed by atoms with E-state index in [9.17, 15) is 4.79 Å². The minimum atomic E-state index is -0.344. The molecule has 0 heterocycles. The van der Waals surface area contributed by atoms with E-state index in [0.717, 1.165) is 11.1 Å². The number of nitrogens with one attached hydrogen (secondary N) is 1. The van der Waals surface area contributed by atoms with Crippen molar-refractivity contribution in [2.75, 3.05) is 11.9 Å². The molecule has 2 N–H and O–H groups in total. The van der Waals surface area contributed by atoms with Crippen LogP contribution in [0.25, 0.3) is 0 Å². The molecule has 2 rings (SSSR count). The van der Waals surface area contributed by atoms with Crippen molar-refractivity contribution < 1.29 is 9.90 Å². The van der Waals surface area contributed by atoms with Crippen molar-refractivity contribution in [3.63, 3.8) is 0 Å². The van der Waals surface area contributed by atoms with Crippen molar-refractivity contribution in [1.29, 1.82) is 0 Å². The van der Waals surface area contributed by atoms with E-state index in [4.69, 9.17) is 5.11 Å². The van der Waals surface area contributed by atoms with Crippen molar-refractivity contribution in [2.24, 2.45) is 0 Å². The quantitative estimate of drug-likeness (QED) is 0.836. The van der Waals surface area contributed by atoms with Crippen LogP contribution in [0.2, 0.25) is 0 Å². The van der Waals surface area contributed by atoms with E-state index in [1.807, 2.05) is 42.5 Å². The van der Waals surface area contributed by atoms with Gasteiger partial charge in [-0.15, -0.1) is 0 Å². The zero-order valence-electron chi connectivity index (χ0n) is 11.0. The van der Waals surface area contributed by atoms with Gasteiger partial charge >= 0.3 is 5.91 Å². The van der Waals surface area contributed by atoms with Crippen LogP contribution in [-0.4, -0.2) is 17.6 Å². The molecule has 0 saturated heterocycles. The van der Waals surface area contributed by atoms with Gasteiger partial charge in [-0.2, -0.15) is 0 Å². The summed E-state index contributed by atoms with van der Waals surface area (Å²) in [6, 6.07) is 16.7. The summed E-state index contributed by atoms with van der Waals surface area (Å²) in [6.45, 7) is 0.119. The van der Waals surface area contributed by atoms with E-state index in [2.05, 4.69) is 17.2 Å². The first-order valence-corrected chi connectivity index (χ1v) is 6.36. The van der Waals surface area contributed by atoms with Crippen LogP contribution < -0.4 is 5.32 Å². The zero-order valence-corrected chi connectivity index (χ0v) is 11.0. The number of anilines is 1. The molecule has 3 nitrogen and oxygen atoms in total. The van der Waals surface area contributed by atoms with Gasteiger partial charge in [-0.05, 0) is 36.2 Å². The summed E-state index contributed by atoms with van der Waals surface area (Å²) in [4.78, 5) is 11.7. The third-order valence-electron chi connectivity index (χ3n) is 2.71. The smallest absolute Gasteiger partial charge is 0.300 e. The standard InChI is InChI=1S/C17H15NO2/c19-13-12-15-6-9-16(10-7-15)18-17(20)11-8-14-4-2-1-3-5-14/h1-7,9-10,19H,12-13H2,(H,18,20). The molecule has 0 aromatic heterocycles. The second-order valence-corrected chi connectivity index (χ2v) is 4.24. The summed E-state index contributed by atoms with van der Waals surface area (Å²) >= 11 is 0. The van der Waals surface area contributed by atoms with Crippen molar-refractivity contribution in [3.8, 4) is 11.8 Å². The van der Waals surface area contributed by atoms with Gasteiger partial charge in [0.15, 0.2) is 0 Å². The minimum absolute atomic E-state index is 0.119. The predicted molar refractivity (Wildman–Crippen MR) is 79.2 cm³/mol. The second kappa shape index (κ2) is 7.13. The fourth-order valence-electron chi connectivity index (χ4n) is 1.70. The first-order chi connectivity index (χ1) is 9.78. The Morgan fingerprint density at radius 3 is 2.40 bits per heavy atom. The highest BCUT2D eigenvalue weighted by Gasteiger charge is 1.98. The third kappa shape index (κ3) is 4.27. The fourth-order valence-corrected chi connectivity index (χ4v) is 1.70. The number of carbonyl (C=O) groups excluding carboxylic acids is 1. The number of hydrogen-bond donors (Lipinski definition) is 2. The maximum Gasteiger partial charge on any atom is 0.300 e. The lowest BCUT2D eigenvalue weighted by atomic mass is 10.1. The molecule has 0 aliphatic heterocycles. The van der Waals surface area contributed by atoms with E-state index in [1.54, 1.807) is 12.1 Å². The van der Waals surface area contributed by atoms with Crippen LogP contribution in [0.4, 0.5) is 5.69 Å². The van der Waals surface area contributed by atoms with Crippen molar-refractivity contribution in [3.05, 3.63) is 65.7 Å². The lowest BCUT2D eigenvalue weighted by Gasteiger charge is -2.02. The highest BCUT2D eigenvalue weighted by Crippen LogP contribution is 2.09. The Morgan fingerprint density at radius 1 is 1.05 bits per heavy atom. The van der Waals surface area contributed by atoms with E-state index >= 15 is 0 Å². The van der Waals surface area contributed by atoms with Crippen LogP contribution in [0.5, 0.6) is 0 Å². The molecule has 0 saturated carbocycles. The number of benzene rings is 2. The summed E-state index contributed by atoms with van der Waals surface area (Å²) in [7, 11) is 0. The van der Waals surface area contributed by atoms with Gasteiger partial charge in [0.1, 0.15) is 0 Å². The van der Waals surface area contributed by atoms with Gasteiger partial charge in [-0.1, -0.05) is 36.3 Å². The highest BCUT2D eigenvalue weighted by molar-refractivity contribution is 6.04. The number of aliphatic hydroxyl groups is 1. The molecule has 0 spiro atoms. The Labute approximate surface area is 118 Å². The Balaban J connectivity index is 1.96. The summed E-state index contributed by atoms with van der Waals surface area (Å²) < 4.78 is 0. The summed E-state index contributed by atoms with van der Waals surface area (Å²) in [5.74, 6) is 5.00. The Hall–Kier alpha value is -2.57. The molecule has 20 heavy (non-hydrogen) atoms. The Bertz CT molecular complexity index is 622. The lowest BCUT2D eigenvalue weighted by Crippen LogP contribution is -2.08. The average Bonchev–Trinajstić information content (AvgIpc) is 2.49. The third-order valence-corrected chi connectivity index (χ3v) is 2.71. The molecule has 0 atom stereocenters. The summed E-state index contributed by atoms with van der Waals surface area (Å²) in [5, 5.41) is 11.5. The molecule has 2 aromatic rings. The highest BCUT2D eigenvalue weighted by atomic mass is 16.2. The monoisotopic (exact) mass is 265 g/mol. The first-order valence-electron chi connectivity index (χ1n) is 6.36. The number of amides is 1. The van der Waals surface area contributed by atoms with Crippen molar-refractivity contribution >= 4 is 11.6 Å². The number of hydrogen-bond acceptors (Lipinski definition) is 2. The van der Waals surface area contributed by atoms with Gasteiger partial charge in [-0.25, -0.2) is 0 Å². The van der Waals surface area contributed by atoms with Crippen LogP contribution in [0, 0.1) is 11.8 Å². The molecule has 0 radical (unpaired) electrons. The molecule has 0 unspecified atom stereocenters. The fraction of sp³-hybridized carbons (Fsp3) is 0.118. The van der Waals surface area contributed by atoms with E-state index < -0.39 is 0 Å². The number of rotatable bonds is 3. The normalized spacial score (nSPS) is 9.45. The molecular weight excluding hydrogens is 250 g/mol. The first kappa shape index (κ1) is 13.9. The molecule has 0 aliphatic carbocycles. The van der Waals surface area contributed by atoms with Crippen LogP contribution >= 0.6 is 0 Å². The van der Waals surface area contributed by atoms with E-state index in [0.29, 0.717) is 12.1 Å². The molecule has 0 aliphatic rings. The molecule has 3 heteroatoms. The summed E-state index contributed by atoms with van der Waals surface area (Å²) in [5.41, 5.74) is 2.53. The van der Waals surface area contributed by atoms with E-state index in [-0.39, 0.29) is 12.5 Å². The lowest BCUT2D eigenvalue weighted by molar-refractivity contribution is -0.111. The van der Waals surface area contributed by atoms with Crippen LogP contribution in [0.15, 0.2) is 54.6 Å². The van der Waals surface area contributed by atoms with Crippen molar-refractivity contribution in [1.82, 2.24) is 0 Å². The maximum absolute atomic E-state index is 11.7. The van der Waals surface area contributed by atoms with E-state index in [1.165, 1.54) is 0 Å². The Morgan fingerprint density at radius 2 is 1.75 bits per heavy atom. The topological polar surface area (TPSA) is 49.3 Å². The minimum Gasteiger partial charge on any atom is -0.396 e. The van der Waals surface area contributed by atoms with Gasteiger partial charge in [-0.3, -0.25) is 4.79 Å². The van der Waals surface area contributed by atoms with Gasteiger partial charge in [0.05, 0.1) is 0 Å². The number of carbonyl (C=O) groups is 1.